The van der Waals surface area contributed by atoms with Gasteiger partial charge in [-0.05, 0) is 37.8 Å². The van der Waals surface area contributed by atoms with Gasteiger partial charge in [0.2, 0.25) is 11.0 Å². The lowest BCUT2D eigenvalue weighted by molar-refractivity contribution is -0.675. The summed E-state index contributed by atoms with van der Waals surface area (Å²) >= 11 is 0. The van der Waals surface area contributed by atoms with E-state index in [9.17, 15) is 0 Å². The number of nitrogens with one attached hydrogen (secondary N) is 2. The predicted octanol–water partition coefficient (Wildman–Crippen LogP) is -0.546. The summed E-state index contributed by atoms with van der Waals surface area (Å²) in [5.74, 6) is 0. The number of rotatable bonds is 0. The van der Waals surface area contributed by atoms with Crippen molar-refractivity contribution < 1.29 is 57.1 Å². The minimum absolute atomic E-state index is 0. The lowest BCUT2D eigenvalue weighted by Crippen LogP contribution is -3.00. The van der Waals surface area contributed by atoms with Crippen molar-refractivity contribution in [1.82, 2.24) is 0 Å². The summed E-state index contributed by atoms with van der Waals surface area (Å²) in [5, 5.41) is 10.0. The van der Waals surface area contributed by atoms with Crippen LogP contribution in [0.5, 0.6) is 0 Å². The molecule has 0 amide bonds. The molecule has 6 rings (SSSR count). The van der Waals surface area contributed by atoms with Crippen molar-refractivity contribution in [3.8, 4) is 0 Å². The van der Waals surface area contributed by atoms with Gasteiger partial charge in [-0.3, -0.25) is 0 Å². The highest BCUT2D eigenvalue weighted by Crippen LogP contribution is 2.22. The molecule has 4 heterocycles. The average Bonchev–Trinajstić information content (AvgIpc) is 2.84. The third-order valence-corrected chi connectivity index (χ3v) is 6.63. The minimum atomic E-state index is 0. The van der Waals surface area contributed by atoms with Crippen LogP contribution in [0.3, 0.4) is 0 Å². The van der Waals surface area contributed by atoms with E-state index in [1.165, 1.54) is 71.7 Å². The Morgan fingerprint density at radius 3 is 1.44 bits per heavy atom. The van der Waals surface area contributed by atoms with E-state index >= 15 is 0 Å². The zero-order valence-electron chi connectivity index (χ0n) is 19.6. The van der Waals surface area contributed by atoms with E-state index < -0.39 is 0 Å². The lowest BCUT2D eigenvalue weighted by Gasteiger charge is -2.12. The SMILES string of the molecule is [I-].[I-].c1ccc2c(c1)c1cc[n+]2CCCCC[n+]2ccc(c3ccccc32)NCCCCCN1. The average molecular weight is 680 g/mol. The molecule has 0 saturated carbocycles. The largest absolute Gasteiger partial charge is 1.00 e. The summed E-state index contributed by atoms with van der Waals surface area (Å²) in [6, 6.07) is 22.1. The first-order valence-electron chi connectivity index (χ1n) is 12.2. The number of hydrogen-bond donors (Lipinski definition) is 2. The van der Waals surface area contributed by atoms with Crippen LogP contribution in [0.2, 0.25) is 0 Å². The van der Waals surface area contributed by atoms with Crippen LogP contribution in [-0.4, -0.2) is 13.1 Å². The topological polar surface area (TPSA) is 31.8 Å². The standard InChI is InChI=1S/C28H32N4.2HI/c1-7-17-29-25-15-21-31(27-13-5-3-11-23(25)27)19-9-2-10-20-32-22-16-26(30-18-8-1)24-12-4-6-14-28(24)32;;/h3-6,11-16,21-22H,1-2,7-10,17-20H2;2*1H. The number of aromatic nitrogens is 2. The molecule has 2 aliphatic rings. The van der Waals surface area contributed by atoms with Crippen LogP contribution < -0.4 is 67.7 Å². The molecule has 4 bridgehead atoms. The molecule has 2 aromatic carbocycles. The predicted molar refractivity (Wildman–Crippen MR) is 133 cm³/mol. The summed E-state index contributed by atoms with van der Waals surface area (Å²) in [5.41, 5.74) is 5.16. The summed E-state index contributed by atoms with van der Waals surface area (Å²) in [6.45, 7) is 4.16. The maximum atomic E-state index is 3.69. The van der Waals surface area contributed by atoms with Crippen molar-refractivity contribution in [3.63, 3.8) is 0 Å². The van der Waals surface area contributed by atoms with E-state index in [1.807, 2.05) is 0 Å². The van der Waals surface area contributed by atoms with Crippen molar-refractivity contribution in [2.45, 2.75) is 51.6 Å². The molecular formula is C28H34I2N4. The molecule has 0 radical (unpaired) electrons. The Morgan fingerprint density at radius 1 is 0.500 bits per heavy atom. The Morgan fingerprint density at radius 2 is 0.941 bits per heavy atom. The van der Waals surface area contributed by atoms with Crippen molar-refractivity contribution >= 4 is 33.2 Å². The van der Waals surface area contributed by atoms with E-state index in [0.29, 0.717) is 0 Å². The number of pyridine rings is 2. The molecule has 2 N–H and O–H groups in total. The maximum absolute atomic E-state index is 3.69. The van der Waals surface area contributed by atoms with E-state index in [-0.39, 0.29) is 48.0 Å². The molecule has 4 aromatic rings. The number of fused-ring (bicyclic) bond motifs is 12. The van der Waals surface area contributed by atoms with Gasteiger partial charge in [0.05, 0.1) is 22.1 Å². The summed E-state index contributed by atoms with van der Waals surface area (Å²) in [7, 11) is 0. The second-order valence-corrected chi connectivity index (χ2v) is 8.85. The van der Waals surface area contributed by atoms with E-state index in [4.69, 9.17) is 0 Å². The van der Waals surface area contributed by atoms with Crippen molar-refractivity contribution in [2.24, 2.45) is 0 Å². The van der Waals surface area contributed by atoms with E-state index in [0.717, 1.165) is 26.2 Å². The Hall–Kier alpha value is -1.68. The molecule has 2 aliphatic heterocycles. The van der Waals surface area contributed by atoms with Gasteiger partial charge in [-0.2, -0.15) is 9.13 Å². The fourth-order valence-electron chi connectivity index (χ4n) is 4.89. The highest BCUT2D eigenvalue weighted by Gasteiger charge is 2.14. The highest BCUT2D eigenvalue weighted by atomic mass is 127. The highest BCUT2D eigenvalue weighted by molar-refractivity contribution is 5.89. The summed E-state index contributed by atoms with van der Waals surface area (Å²) < 4.78 is 4.84. The van der Waals surface area contributed by atoms with Crippen LogP contribution in [0.4, 0.5) is 11.4 Å². The molecule has 0 saturated heterocycles. The number of anilines is 2. The smallest absolute Gasteiger partial charge is 0.214 e. The fraction of sp³-hybridized carbons (Fsp3) is 0.357. The molecule has 0 unspecified atom stereocenters. The van der Waals surface area contributed by atoms with Gasteiger partial charge in [0.25, 0.3) is 0 Å². The summed E-state index contributed by atoms with van der Waals surface area (Å²) in [4.78, 5) is 0. The molecule has 4 nitrogen and oxygen atoms in total. The van der Waals surface area contributed by atoms with Crippen LogP contribution in [0, 0.1) is 0 Å². The van der Waals surface area contributed by atoms with Crippen LogP contribution in [0.1, 0.15) is 38.5 Å². The Balaban J connectivity index is 0.00000162. The Labute approximate surface area is 237 Å². The molecule has 34 heavy (non-hydrogen) atoms. The molecule has 0 atom stereocenters. The molecule has 0 spiro atoms. The maximum Gasteiger partial charge on any atom is 0.214 e. The second kappa shape index (κ2) is 13.4. The van der Waals surface area contributed by atoms with Crippen LogP contribution in [-0.2, 0) is 13.1 Å². The van der Waals surface area contributed by atoms with Gasteiger partial charge in [-0.1, -0.05) is 24.3 Å². The molecule has 2 aromatic heterocycles. The van der Waals surface area contributed by atoms with Crippen LogP contribution in [0.15, 0.2) is 73.1 Å². The van der Waals surface area contributed by atoms with Gasteiger partial charge in [0.15, 0.2) is 12.4 Å². The molecule has 0 fully saturated rings. The third kappa shape index (κ3) is 6.30. The Bertz CT molecular complexity index is 1120. The first-order chi connectivity index (χ1) is 15.9. The van der Waals surface area contributed by atoms with Crippen LogP contribution >= 0.6 is 0 Å². The summed E-state index contributed by atoms with van der Waals surface area (Å²) in [6.07, 6.45) is 11.7. The van der Waals surface area contributed by atoms with Gasteiger partial charge >= 0.3 is 0 Å². The van der Waals surface area contributed by atoms with Crippen molar-refractivity contribution in [2.75, 3.05) is 23.7 Å². The minimum Gasteiger partial charge on any atom is -1.00 e. The van der Waals surface area contributed by atoms with Gasteiger partial charge in [-0.15, -0.1) is 0 Å². The second-order valence-electron chi connectivity index (χ2n) is 8.85. The quantitative estimate of drug-likeness (QED) is 0.193. The first kappa shape index (κ1) is 26.9. The van der Waals surface area contributed by atoms with Gasteiger partial charge in [0.1, 0.15) is 13.1 Å². The van der Waals surface area contributed by atoms with Gasteiger partial charge < -0.3 is 58.6 Å². The van der Waals surface area contributed by atoms with Crippen LogP contribution in [0.25, 0.3) is 21.8 Å². The molecular weight excluding hydrogens is 646 g/mol. The first-order valence-corrected chi connectivity index (χ1v) is 12.2. The normalized spacial score (nSPS) is 15.1. The zero-order chi connectivity index (χ0) is 21.6. The van der Waals surface area contributed by atoms with Crippen molar-refractivity contribution in [1.29, 1.82) is 0 Å². The zero-order valence-corrected chi connectivity index (χ0v) is 24.0. The number of nitrogens with zero attached hydrogens (tertiary/aromatic N) is 2. The van der Waals surface area contributed by atoms with Crippen molar-refractivity contribution in [3.05, 3.63) is 73.1 Å². The molecule has 6 heteroatoms. The molecule has 0 aliphatic carbocycles. The number of para-hydroxylation sites is 2. The van der Waals surface area contributed by atoms with E-state index in [1.54, 1.807) is 0 Å². The Kier molecular flexibility index (Phi) is 10.6. The fourth-order valence-corrected chi connectivity index (χ4v) is 4.89. The van der Waals surface area contributed by atoms with Gasteiger partial charge in [0, 0.05) is 50.2 Å². The number of hydrogen-bond acceptors (Lipinski definition) is 2. The number of halogens is 2. The number of benzene rings is 2. The number of aryl methyl sites for hydroxylation is 2. The van der Waals surface area contributed by atoms with Gasteiger partial charge in [-0.25, -0.2) is 0 Å². The third-order valence-electron chi connectivity index (χ3n) is 6.63. The lowest BCUT2D eigenvalue weighted by atomic mass is 10.1. The van der Waals surface area contributed by atoms with E-state index in [2.05, 4.69) is 92.8 Å². The molecule has 180 valence electrons. The monoisotopic (exact) mass is 680 g/mol.